The molecule has 1 aromatic rings. The summed E-state index contributed by atoms with van der Waals surface area (Å²) in [7, 11) is 0. The first-order chi connectivity index (χ1) is 8.31. The van der Waals surface area contributed by atoms with Crippen molar-refractivity contribution in [3.05, 3.63) is 23.7 Å². The SMILES string of the molecule is CCc1occc1C(=O)NCCCNC1CC1. The van der Waals surface area contributed by atoms with Gasteiger partial charge in [-0.15, -0.1) is 0 Å². The Labute approximate surface area is 102 Å². The number of amides is 1. The summed E-state index contributed by atoms with van der Waals surface area (Å²) in [6.07, 6.45) is 5.91. The molecule has 0 radical (unpaired) electrons. The van der Waals surface area contributed by atoms with Gasteiger partial charge in [0.25, 0.3) is 5.91 Å². The third-order valence-electron chi connectivity index (χ3n) is 2.96. The largest absolute Gasteiger partial charge is 0.469 e. The normalized spacial score (nSPS) is 14.9. The van der Waals surface area contributed by atoms with Gasteiger partial charge in [-0.2, -0.15) is 0 Å². The zero-order valence-corrected chi connectivity index (χ0v) is 10.3. The van der Waals surface area contributed by atoms with Crippen molar-refractivity contribution in [2.45, 2.75) is 38.6 Å². The molecule has 0 unspecified atom stereocenters. The molecule has 17 heavy (non-hydrogen) atoms. The Morgan fingerprint density at radius 2 is 2.29 bits per heavy atom. The maximum Gasteiger partial charge on any atom is 0.254 e. The number of hydrogen-bond acceptors (Lipinski definition) is 3. The summed E-state index contributed by atoms with van der Waals surface area (Å²) in [6.45, 7) is 3.68. The van der Waals surface area contributed by atoms with Crippen molar-refractivity contribution in [3.63, 3.8) is 0 Å². The molecule has 1 fully saturated rings. The minimum atomic E-state index is -0.0259. The molecule has 0 saturated heterocycles. The lowest BCUT2D eigenvalue weighted by Gasteiger charge is -2.05. The second-order valence-corrected chi connectivity index (χ2v) is 4.45. The molecule has 4 nitrogen and oxygen atoms in total. The van der Waals surface area contributed by atoms with Crippen LogP contribution in [0.25, 0.3) is 0 Å². The van der Waals surface area contributed by atoms with Gasteiger partial charge in [0.1, 0.15) is 5.76 Å². The molecule has 1 amide bonds. The molecule has 4 heteroatoms. The Bertz CT molecular complexity index is 369. The van der Waals surface area contributed by atoms with E-state index in [4.69, 9.17) is 4.42 Å². The van der Waals surface area contributed by atoms with Crippen molar-refractivity contribution >= 4 is 5.91 Å². The maximum absolute atomic E-state index is 11.8. The molecule has 2 rings (SSSR count). The van der Waals surface area contributed by atoms with Crippen LogP contribution in [-0.4, -0.2) is 25.0 Å². The predicted octanol–water partition coefficient (Wildman–Crippen LogP) is 1.71. The fourth-order valence-electron chi connectivity index (χ4n) is 1.80. The molecule has 94 valence electrons. The van der Waals surface area contributed by atoms with Gasteiger partial charge in [-0.3, -0.25) is 4.79 Å². The molecule has 1 aliphatic rings. The summed E-state index contributed by atoms with van der Waals surface area (Å²) in [4.78, 5) is 11.8. The topological polar surface area (TPSA) is 54.3 Å². The van der Waals surface area contributed by atoms with Gasteiger partial charge in [0, 0.05) is 19.0 Å². The van der Waals surface area contributed by atoms with Gasteiger partial charge in [-0.25, -0.2) is 0 Å². The van der Waals surface area contributed by atoms with Gasteiger partial charge < -0.3 is 15.1 Å². The van der Waals surface area contributed by atoms with E-state index < -0.39 is 0 Å². The van der Waals surface area contributed by atoms with E-state index in [1.54, 1.807) is 12.3 Å². The van der Waals surface area contributed by atoms with Gasteiger partial charge in [0.2, 0.25) is 0 Å². The smallest absolute Gasteiger partial charge is 0.254 e. The number of hydrogen-bond donors (Lipinski definition) is 2. The van der Waals surface area contributed by atoms with Gasteiger partial charge in [0.05, 0.1) is 11.8 Å². The Hall–Kier alpha value is -1.29. The number of rotatable bonds is 7. The minimum Gasteiger partial charge on any atom is -0.469 e. The standard InChI is InChI=1S/C13H20N2O2/c1-2-12-11(6-9-17-12)13(16)15-8-3-7-14-10-4-5-10/h6,9-10,14H,2-5,7-8H2,1H3,(H,15,16). The van der Waals surface area contributed by atoms with Crippen molar-refractivity contribution in [1.29, 1.82) is 0 Å². The van der Waals surface area contributed by atoms with Crippen molar-refractivity contribution in [3.8, 4) is 0 Å². The summed E-state index contributed by atoms with van der Waals surface area (Å²) in [5.41, 5.74) is 0.669. The van der Waals surface area contributed by atoms with Gasteiger partial charge in [0.15, 0.2) is 0 Å². The van der Waals surface area contributed by atoms with Crippen LogP contribution in [0.5, 0.6) is 0 Å². The molecular formula is C13H20N2O2. The minimum absolute atomic E-state index is 0.0259. The highest BCUT2D eigenvalue weighted by atomic mass is 16.3. The Kier molecular flexibility index (Phi) is 4.20. The molecule has 0 bridgehead atoms. The molecule has 2 N–H and O–H groups in total. The predicted molar refractivity (Wildman–Crippen MR) is 66.1 cm³/mol. The van der Waals surface area contributed by atoms with Crippen LogP contribution in [0, 0.1) is 0 Å². The van der Waals surface area contributed by atoms with Gasteiger partial charge in [-0.1, -0.05) is 6.92 Å². The highest BCUT2D eigenvalue weighted by Crippen LogP contribution is 2.18. The zero-order chi connectivity index (χ0) is 12.1. The lowest BCUT2D eigenvalue weighted by atomic mass is 10.2. The average molecular weight is 236 g/mol. The molecule has 1 heterocycles. The van der Waals surface area contributed by atoms with Crippen molar-refractivity contribution < 1.29 is 9.21 Å². The second kappa shape index (κ2) is 5.87. The summed E-state index contributed by atoms with van der Waals surface area (Å²) in [5, 5.41) is 6.33. The van der Waals surface area contributed by atoms with Crippen LogP contribution in [0.2, 0.25) is 0 Å². The molecule has 1 aromatic heterocycles. The number of furan rings is 1. The Morgan fingerprint density at radius 3 is 3.00 bits per heavy atom. The summed E-state index contributed by atoms with van der Waals surface area (Å²) >= 11 is 0. The average Bonchev–Trinajstić information content (AvgIpc) is 3.03. The monoisotopic (exact) mass is 236 g/mol. The molecule has 1 aliphatic carbocycles. The molecule has 1 saturated carbocycles. The summed E-state index contributed by atoms with van der Waals surface area (Å²) in [5.74, 6) is 0.737. The van der Waals surface area contributed by atoms with Gasteiger partial charge >= 0.3 is 0 Å². The zero-order valence-electron chi connectivity index (χ0n) is 10.3. The number of aryl methyl sites for hydroxylation is 1. The first kappa shape index (κ1) is 12.2. The van der Waals surface area contributed by atoms with E-state index in [0.717, 1.165) is 31.2 Å². The first-order valence-corrected chi connectivity index (χ1v) is 6.39. The van der Waals surface area contributed by atoms with Crippen LogP contribution >= 0.6 is 0 Å². The van der Waals surface area contributed by atoms with Crippen molar-refractivity contribution in [2.75, 3.05) is 13.1 Å². The molecule has 0 atom stereocenters. The quantitative estimate of drug-likeness (QED) is 0.709. The van der Waals surface area contributed by atoms with E-state index >= 15 is 0 Å². The Balaban J connectivity index is 1.65. The number of nitrogens with one attached hydrogen (secondary N) is 2. The van der Waals surface area contributed by atoms with Crippen LogP contribution in [0.15, 0.2) is 16.7 Å². The molecule has 0 spiro atoms. The highest BCUT2D eigenvalue weighted by Gasteiger charge is 2.19. The third kappa shape index (κ3) is 3.60. The lowest BCUT2D eigenvalue weighted by Crippen LogP contribution is -2.28. The van der Waals surface area contributed by atoms with E-state index in [0.29, 0.717) is 12.1 Å². The van der Waals surface area contributed by atoms with Crippen molar-refractivity contribution in [2.24, 2.45) is 0 Å². The third-order valence-corrected chi connectivity index (χ3v) is 2.96. The number of carbonyl (C=O) groups excluding carboxylic acids is 1. The van der Waals surface area contributed by atoms with Crippen LogP contribution in [-0.2, 0) is 6.42 Å². The van der Waals surface area contributed by atoms with Gasteiger partial charge in [-0.05, 0) is 31.9 Å². The fraction of sp³-hybridized carbons (Fsp3) is 0.615. The van der Waals surface area contributed by atoms with E-state index in [1.807, 2.05) is 6.92 Å². The van der Waals surface area contributed by atoms with E-state index in [-0.39, 0.29) is 5.91 Å². The second-order valence-electron chi connectivity index (χ2n) is 4.45. The van der Waals surface area contributed by atoms with E-state index in [9.17, 15) is 4.79 Å². The lowest BCUT2D eigenvalue weighted by molar-refractivity contribution is 0.0951. The fourth-order valence-corrected chi connectivity index (χ4v) is 1.80. The number of carbonyl (C=O) groups is 1. The summed E-state index contributed by atoms with van der Waals surface area (Å²) < 4.78 is 5.23. The van der Waals surface area contributed by atoms with E-state index in [2.05, 4.69) is 10.6 Å². The van der Waals surface area contributed by atoms with Crippen LogP contribution in [0.4, 0.5) is 0 Å². The molecule has 0 aromatic carbocycles. The highest BCUT2D eigenvalue weighted by molar-refractivity contribution is 5.95. The van der Waals surface area contributed by atoms with Crippen LogP contribution in [0.1, 0.15) is 42.3 Å². The summed E-state index contributed by atoms with van der Waals surface area (Å²) in [6, 6.07) is 2.47. The Morgan fingerprint density at radius 1 is 1.47 bits per heavy atom. The maximum atomic E-state index is 11.8. The molecular weight excluding hydrogens is 216 g/mol. The van der Waals surface area contributed by atoms with Crippen LogP contribution in [0.3, 0.4) is 0 Å². The molecule has 0 aliphatic heterocycles. The van der Waals surface area contributed by atoms with Crippen LogP contribution < -0.4 is 10.6 Å². The van der Waals surface area contributed by atoms with E-state index in [1.165, 1.54) is 12.8 Å². The first-order valence-electron chi connectivity index (χ1n) is 6.39. The van der Waals surface area contributed by atoms with Crippen molar-refractivity contribution in [1.82, 2.24) is 10.6 Å².